The number of carboxylic acid groups (broad SMARTS) is 1. The molecule has 0 radical (unpaired) electrons. The van der Waals surface area contributed by atoms with Gasteiger partial charge in [-0.05, 0) is 18.8 Å². The van der Waals surface area contributed by atoms with Crippen molar-refractivity contribution in [3.05, 3.63) is 0 Å². The first kappa shape index (κ1) is 13.0. The standard InChI is InChI=1S/C11H19NO4/c1-16-7-9(13)12-10(11(14)15)8-5-3-2-4-6-8/h8,10H,2-7H2,1H3,(H,12,13)(H,14,15)/t10-/m0/s1. The molecule has 1 rings (SSSR count). The first-order valence-corrected chi connectivity index (χ1v) is 5.66. The van der Waals surface area contributed by atoms with Gasteiger partial charge in [-0.25, -0.2) is 4.79 Å². The van der Waals surface area contributed by atoms with Crippen LogP contribution in [0.2, 0.25) is 0 Å². The van der Waals surface area contributed by atoms with Gasteiger partial charge in [0.15, 0.2) is 0 Å². The summed E-state index contributed by atoms with van der Waals surface area (Å²) in [6.45, 7) is -0.0868. The Kier molecular flexibility index (Phi) is 5.25. The van der Waals surface area contributed by atoms with Crippen LogP contribution in [0.3, 0.4) is 0 Å². The second kappa shape index (κ2) is 6.48. The quantitative estimate of drug-likeness (QED) is 0.730. The normalized spacial score (nSPS) is 19.1. The number of carbonyl (C=O) groups excluding carboxylic acids is 1. The average Bonchev–Trinajstić information content (AvgIpc) is 2.27. The number of hydrogen-bond acceptors (Lipinski definition) is 3. The Hall–Kier alpha value is -1.10. The first-order valence-electron chi connectivity index (χ1n) is 5.66. The van der Waals surface area contributed by atoms with Crippen LogP contribution in [0.4, 0.5) is 0 Å². The maximum Gasteiger partial charge on any atom is 0.326 e. The van der Waals surface area contributed by atoms with Crippen molar-refractivity contribution in [1.82, 2.24) is 5.32 Å². The van der Waals surface area contributed by atoms with Crippen molar-refractivity contribution in [3.63, 3.8) is 0 Å². The molecule has 0 bridgehead atoms. The highest BCUT2D eigenvalue weighted by atomic mass is 16.5. The van der Waals surface area contributed by atoms with E-state index in [0.717, 1.165) is 32.1 Å². The zero-order valence-electron chi connectivity index (χ0n) is 9.57. The minimum Gasteiger partial charge on any atom is -0.480 e. The van der Waals surface area contributed by atoms with Crippen molar-refractivity contribution >= 4 is 11.9 Å². The summed E-state index contributed by atoms with van der Waals surface area (Å²) >= 11 is 0. The Morgan fingerprint density at radius 1 is 1.38 bits per heavy atom. The summed E-state index contributed by atoms with van der Waals surface area (Å²) < 4.78 is 4.67. The fraction of sp³-hybridized carbons (Fsp3) is 0.818. The van der Waals surface area contributed by atoms with E-state index < -0.39 is 12.0 Å². The van der Waals surface area contributed by atoms with E-state index >= 15 is 0 Å². The van der Waals surface area contributed by atoms with Crippen molar-refractivity contribution in [2.24, 2.45) is 5.92 Å². The monoisotopic (exact) mass is 229 g/mol. The molecule has 16 heavy (non-hydrogen) atoms. The Labute approximate surface area is 95.2 Å². The maximum absolute atomic E-state index is 11.3. The molecule has 0 aliphatic heterocycles. The second-order valence-electron chi connectivity index (χ2n) is 4.21. The topological polar surface area (TPSA) is 75.6 Å². The summed E-state index contributed by atoms with van der Waals surface area (Å²) in [5.41, 5.74) is 0. The summed E-state index contributed by atoms with van der Waals surface area (Å²) in [7, 11) is 1.41. The van der Waals surface area contributed by atoms with Crippen molar-refractivity contribution in [2.45, 2.75) is 38.1 Å². The molecule has 0 aromatic rings. The number of carbonyl (C=O) groups is 2. The summed E-state index contributed by atoms with van der Waals surface area (Å²) in [5.74, 6) is -1.25. The zero-order chi connectivity index (χ0) is 12.0. The molecule has 1 atom stereocenters. The molecule has 5 nitrogen and oxygen atoms in total. The SMILES string of the molecule is COCC(=O)N[C@H](C(=O)O)C1CCCCC1. The van der Waals surface area contributed by atoms with E-state index in [4.69, 9.17) is 5.11 Å². The molecule has 92 valence electrons. The lowest BCUT2D eigenvalue weighted by atomic mass is 9.84. The fourth-order valence-electron chi connectivity index (χ4n) is 2.19. The molecule has 0 unspecified atom stereocenters. The van der Waals surface area contributed by atoms with E-state index in [1.165, 1.54) is 7.11 Å². The van der Waals surface area contributed by atoms with Gasteiger partial charge in [-0.3, -0.25) is 4.79 Å². The Balaban J connectivity index is 2.52. The number of ether oxygens (including phenoxy) is 1. The predicted molar refractivity (Wildman–Crippen MR) is 58.0 cm³/mol. The smallest absolute Gasteiger partial charge is 0.326 e. The number of methoxy groups -OCH3 is 1. The van der Waals surface area contributed by atoms with Crippen molar-refractivity contribution < 1.29 is 19.4 Å². The van der Waals surface area contributed by atoms with Gasteiger partial charge in [0, 0.05) is 7.11 Å². The third kappa shape index (κ3) is 3.81. The summed E-state index contributed by atoms with van der Waals surface area (Å²) in [4.78, 5) is 22.4. The van der Waals surface area contributed by atoms with E-state index in [0.29, 0.717) is 0 Å². The molecule has 1 aliphatic carbocycles. The molecule has 1 fully saturated rings. The first-order chi connectivity index (χ1) is 7.65. The van der Waals surface area contributed by atoms with Crippen LogP contribution in [0.25, 0.3) is 0 Å². The van der Waals surface area contributed by atoms with Crippen molar-refractivity contribution in [2.75, 3.05) is 13.7 Å². The molecule has 1 amide bonds. The highest BCUT2D eigenvalue weighted by Crippen LogP contribution is 2.26. The van der Waals surface area contributed by atoms with Gasteiger partial charge in [0.25, 0.3) is 0 Å². The van der Waals surface area contributed by atoms with Gasteiger partial charge in [-0.15, -0.1) is 0 Å². The number of hydrogen-bond donors (Lipinski definition) is 2. The number of aliphatic carboxylic acids is 1. The Bertz CT molecular complexity index is 246. The lowest BCUT2D eigenvalue weighted by molar-refractivity contribution is -0.144. The average molecular weight is 229 g/mol. The number of carboxylic acids is 1. The molecule has 0 aromatic heterocycles. The van der Waals surface area contributed by atoms with Gasteiger partial charge in [0.1, 0.15) is 12.6 Å². The fourth-order valence-corrected chi connectivity index (χ4v) is 2.19. The maximum atomic E-state index is 11.3. The van der Waals surface area contributed by atoms with Crippen LogP contribution in [-0.4, -0.2) is 36.7 Å². The zero-order valence-corrected chi connectivity index (χ0v) is 9.57. The van der Waals surface area contributed by atoms with E-state index in [1.807, 2.05) is 0 Å². The molecule has 1 aliphatic rings. The van der Waals surface area contributed by atoms with E-state index in [2.05, 4.69) is 10.1 Å². The van der Waals surface area contributed by atoms with Crippen LogP contribution in [0.15, 0.2) is 0 Å². The van der Waals surface area contributed by atoms with Crippen molar-refractivity contribution in [1.29, 1.82) is 0 Å². The predicted octanol–water partition coefficient (Wildman–Crippen LogP) is 0.782. The molecule has 1 saturated carbocycles. The highest BCUT2D eigenvalue weighted by molar-refractivity contribution is 5.84. The molecule has 2 N–H and O–H groups in total. The van der Waals surface area contributed by atoms with Crippen LogP contribution in [-0.2, 0) is 14.3 Å². The Morgan fingerprint density at radius 2 is 2.00 bits per heavy atom. The number of rotatable bonds is 5. The highest BCUT2D eigenvalue weighted by Gasteiger charge is 2.30. The third-order valence-corrected chi connectivity index (χ3v) is 2.98. The second-order valence-corrected chi connectivity index (χ2v) is 4.21. The molecule has 0 aromatic carbocycles. The Morgan fingerprint density at radius 3 is 2.50 bits per heavy atom. The molecule has 5 heteroatoms. The summed E-state index contributed by atoms with van der Waals surface area (Å²) in [6, 6.07) is -0.761. The van der Waals surface area contributed by atoms with Gasteiger partial charge < -0.3 is 15.2 Å². The summed E-state index contributed by atoms with van der Waals surface area (Å²) in [5, 5.41) is 11.6. The van der Waals surface area contributed by atoms with Gasteiger partial charge in [0.05, 0.1) is 0 Å². The van der Waals surface area contributed by atoms with E-state index in [-0.39, 0.29) is 18.4 Å². The van der Waals surface area contributed by atoms with Gasteiger partial charge >= 0.3 is 5.97 Å². The van der Waals surface area contributed by atoms with E-state index in [1.54, 1.807) is 0 Å². The lowest BCUT2D eigenvalue weighted by Crippen LogP contribution is -2.47. The van der Waals surface area contributed by atoms with Gasteiger partial charge in [0.2, 0.25) is 5.91 Å². The third-order valence-electron chi connectivity index (χ3n) is 2.98. The van der Waals surface area contributed by atoms with E-state index in [9.17, 15) is 9.59 Å². The number of nitrogens with one attached hydrogen (secondary N) is 1. The summed E-state index contributed by atoms with van der Waals surface area (Å²) in [6.07, 6.45) is 5.02. The van der Waals surface area contributed by atoms with Crippen LogP contribution in [0.5, 0.6) is 0 Å². The van der Waals surface area contributed by atoms with Crippen molar-refractivity contribution in [3.8, 4) is 0 Å². The van der Waals surface area contributed by atoms with Crippen LogP contribution >= 0.6 is 0 Å². The van der Waals surface area contributed by atoms with Crippen LogP contribution < -0.4 is 5.32 Å². The van der Waals surface area contributed by atoms with Gasteiger partial charge in [-0.2, -0.15) is 0 Å². The molecule has 0 saturated heterocycles. The van der Waals surface area contributed by atoms with Crippen LogP contribution in [0, 0.1) is 5.92 Å². The van der Waals surface area contributed by atoms with Gasteiger partial charge in [-0.1, -0.05) is 19.3 Å². The minimum atomic E-state index is -0.948. The molecule has 0 spiro atoms. The van der Waals surface area contributed by atoms with Crippen LogP contribution in [0.1, 0.15) is 32.1 Å². The minimum absolute atomic E-state index is 0.0621. The lowest BCUT2D eigenvalue weighted by Gasteiger charge is -2.27. The largest absolute Gasteiger partial charge is 0.480 e. The number of amides is 1. The molecule has 0 heterocycles. The molecular formula is C11H19NO4. The molecular weight excluding hydrogens is 210 g/mol.